The Morgan fingerprint density at radius 1 is 1.21 bits per heavy atom. The van der Waals surface area contributed by atoms with Crippen molar-refractivity contribution in [3.8, 4) is 5.69 Å². The second-order valence-electron chi connectivity index (χ2n) is 6.08. The summed E-state index contributed by atoms with van der Waals surface area (Å²) in [6, 6.07) is 10.9. The van der Waals surface area contributed by atoms with Crippen LogP contribution in [0, 0.1) is 0 Å². The van der Waals surface area contributed by atoms with Crippen molar-refractivity contribution in [1.29, 1.82) is 0 Å². The third kappa shape index (κ3) is 2.98. The number of nitrogens with zero attached hydrogens (tertiary/aromatic N) is 4. The van der Waals surface area contributed by atoms with E-state index in [0.717, 1.165) is 31.0 Å². The summed E-state index contributed by atoms with van der Waals surface area (Å²) in [5, 5.41) is 7.88. The second kappa shape index (κ2) is 6.59. The number of hydrogen-bond acceptors (Lipinski definition) is 4. The minimum atomic E-state index is 0.0720. The molecule has 3 heterocycles. The predicted octanol–water partition coefficient (Wildman–Crippen LogP) is 2.23. The number of benzene rings is 1. The van der Waals surface area contributed by atoms with E-state index < -0.39 is 0 Å². The van der Waals surface area contributed by atoms with Crippen LogP contribution in [0.15, 0.2) is 55.2 Å². The molecule has 24 heavy (non-hydrogen) atoms. The zero-order chi connectivity index (χ0) is 16.4. The van der Waals surface area contributed by atoms with Crippen LogP contribution in [0.5, 0.6) is 0 Å². The van der Waals surface area contributed by atoms with Crippen LogP contribution in [-0.2, 0) is 18.3 Å². The molecule has 0 radical (unpaired) electrons. The van der Waals surface area contributed by atoms with E-state index in [0.29, 0.717) is 6.04 Å². The molecule has 0 spiro atoms. The Morgan fingerprint density at radius 2 is 2.08 bits per heavy atom. The molecule has 0 amide bonds. The fraction of sp³-hybridized carbons (Fsp3) is 0.333. The Kier molecular flexibility index (Phi) is 4.15. The first-order valence-corrected chi connectivity index (χ1v) is 8.21. The highest BCUT2D eigenvalue weighted by Gasteiger charge is 2.31. The first-order valence-electron chi connectivity index (χ1n) is 8.21. The summed E-state index contributed by atoms with van der Waals surface area (Å²) in [5.41, 5.74) is 3.50. The van der Waals surface area contributed by atoms with Gasteiger partial charge in [-0.15, -0.1) is 0 Å². The summed E-state index contributed by atoms with van der Waals surface area (Å²) < 4.78 is 9.81. The van der Waals surface area contributed by atoms with E-state index in [9.17, 15) is 0 Å². The lowest BCUT2D eigenvalue weighted by Gasteiger charge is -2.20. The van der Waals surface area contributed by atoms with Crippen LogP contribution in [0.25, 0.3) is 5.69 Å². The van der Waals surface area contributed by atoms with Crippen molar-refractivity contribution in [3.05, 3.63) is 66.5 Å². The van der Waals surface area contributed by atoms with Crippen molar-refractivity contribution in [2.45, 2.75) is 25.1 Å². The summed E-state index contributed by atoms with van der Waals surface area (Å²) in [6.45, 7) is 1.61. The Hall–Kier alpha value is -2.44. The van der Waals surface area contributed by atoms with Crippen LogP contribution in [0.2, 0.25) is 0 Å². The van der Waals surface area contributed by atoms with Crippen LogP contribution in [0.4, 0.5) is 0 Å². The minimum absolute atomic E-state index is 0.0720. The van der Waals surface area contributed by atoms with Gasteiger partial charge in [0.05, 0.1) is 12.0 Å². The number of aromatic nitrogens is 4. The molecule has 2 atom stereocenters. The Bertz CT molecular complexity index is 778. The highest BCUT2D eigenvalue weighted by molar-refractivity contribution is 5.34. The van der Waals surface area contributed by atoms with Crippen molar-refractivity contribution in [2.24, 2.45) is 7.05 Å². The quantitative estimate of drug-likeness (QED) is 0.782. The van der Waals surface area contributed by atoms with Gasteiger partial charge in [-0.25, -0.2) is 4.98 Å². The molecule has 0 unspecified atom stereocenters. The second-order valence-corrected chi connectivity index (χ2v) is 6.08. The number of imidazole rings is 1. The van der Waals surface area contributed by atoms with Crippen LogP contribution in [0.1, 0.15) is 23.8 Å². The topological polar surface area (TPSA) is 56.9 Å². The fourth-order valence-electron chi connectivity index (χ4n) is 3.20. The van der Waals surface area contributed by atoms with Gasteiger partial charge in [-0.2, -0.15) is 5.10 Å². The van der Waals surface area contributed by atoms with Gasteiger partial charge in [-0.05, 0) is 30.2 Å². The Balaban J connectivity index is 1.40. The van der Waals surface area contributed by atoms with Gasteiger partial charge in [0.15, 0.2) is 0 Å². The van der Waals surface area contributed by atoms with Gasteiger partial charge in [-0.3, -0.25) is 4.68 Å². The molecule has 6 nitrogen and oxygen atoms in total. The van der Waals surface area contributed by atoms with E-state index in [-0.39, 0.29) is 6.10 Å². The summed E-state index contributed by atoms with van der Waals surface area (Å²) in [4.78, 5) is 4.08. The summed E-state index contributed by atoms with van der Waals surface area (Å²) in [7, 11) is 1.96. The molecule has 1 aromatic carbocycles. The van der Waals surface area contributed by atoms with Gasteiger partial charge in [0.25, 0.3) is 0 Å². The van der Waals surface area contributed by atoms with E-state index in [2.05, 4.69) is 39.7 Å². The zero-order valence-corrected chi connectivity index (χ0v) is 13.7. The summed E-state index contributed by atoms with van der Waals surface area (Å²) in [5.74, 6) is 0. The van der Waals surface area contributed by atoms with Crippen molar-refractivity contribution < 1.29 is 4.74 Å². The molecule has 124 valence electrons. The van der Waals surface area contributed by atoms with E-state index in [1.165, 1.54) is 5.56 Å². The van der Waals surface area contributed by atoms with E-state index >= 15 is 0 Å². The summed E-state index contributed by atoms with van der Waals surface area (Å²) in [6.07, 6.45) is 8.45. The van der Waals surface area contributed by atoms with Crippen molar-refractivity contribution in [1.82, 2.24) is 24.6 Å². The first kappa shape index (κ1) is 15.1. The number of rotatable bonds is 5. The van der Waals surface area contributed by atoms with Crippen LogP contribution < -0.4 is 5.32 Å². The highest BCUT2D eigenvalue weighted by atomic mass is 16.5. The number of nitrogens with one attached hydrogen (secondary N) is 1. The molecular formula is C18H21N5O. The molecule has 0 aliphatic carbocycles. The average molecular weight is 323 g/mol. The minimum Gasteiger partial charge on any atom is -0.370 e. The Morgan fingerprint density at radius 3 is 2.79 bits per heavy atom. The van der Waals surface area contributed by atoms with Crippen molar-refractivity contribution >= 4 is 0 Å². The lowest BCUT2D eigenvalue weighted by Crippen LogP contribution is -2.32. The van der Waals surface area contributed by atoms with Crippen LogP contribution in [-0.4, -0.2) is 32.0 Å². The molecule has 1 fully saturated rings. The predicted molar refractivity (Wildman–Crippen MR) is 90.7 cm³/mol. The smallest absolute Gasteiger partial charge is 0.114 e. The number of hydrogen-bond donors (Lipinski definition) is 1. The van der Waals surface area contributed by atoms with Crippen molar-refractivity contribution in [2.75, 3.05) is 6.61 Å². The molecule has 0 bridgehead atoms. The third-order valence-corrected chi connectivity index (χ3v) is 4.55. The molecule has 6 heteroatoms. The lowest BCUT2D eigenvalue weighted by atomic mass is 10.1. The maximum Gasteiger partial charge on any atom is 0.114 e. The summed E-state index contributed by atoms with van der Waals surface area (Å²) >= 11 is 0. The van der Waals surface area contributed by atoms with Crippen molar-refractivity contribution in [3.63, 3.8) is 0 Å². The number of aryl methyl sites for hydroxylation is 1. The molecule has 0 saturated carbocycles. The van der Waals surface area contributed by atoms with E-state index in [1.807, 2.05) is 41.1 Å². The monoisotopic (exact) mass is 323 g/mol. The Labute approximate surface area is 141 Å². The van der Waals surface area contributed by atoms with Gasteiger partial charge < -0.3 is 14.6 Å². The van der Waals surface area contributed by atoms with Gasteiger partial charge in [0, 0.05) is 50.5 Å². The van der Waals surface area contributed by atoms with E-state index in [1.54, 1.807) is 6.20 Å². The maximum absolute atomic E-state index is 5.91. The number of ether oxygens (including phenoxy) is 1. The normalized spacial score (nSPS) is 20.5. The molecule has 1 saturated heterocycles. The molecular weight excluding hydrogens is 302 g/mol. The first-order chi connectivity index (χ1) is 11.8. The molecule has 1 aliphatic rings. The van der Waals surface area contributed by atoms with Crippen LogP contribution in [0.3, 0.4) is 0 Å². The van der Waals surface area contributed by atoms with E-state index in [4.69, 9.17) is 4.74 Å². The lowest BCUT2D eigenvalue weighted by molar-refractivity contribution is 0.0919. The largest absolute Gasteiger partial charge is 0.370 e. The third-order valence-electron chi connectivity index (χ3n) is 4.55. The molecule has 1 N–H and O–H groups in total. The molecule has 1 aliphatic heterocycles. The van der Waals surface area contributed by atoms with Gasteiger partial charge in [0.2, 0.25) is 0 Å². The fourth-order valence-corrected chi connectivity index (χ4v) is 3.20. The standard InChI is InChI=1S/C18H21N5O/c1-22-17(6-8-21-22)18-16(7-11-24-18)20-12-14-2-4-15(5-3-14)23-10-9-19-13-23/h2-6,8-10,13,16,18,20H,7,11-12H2,1H3/t16-,18-/m0/s1. The molecule has 2 aromatic heterocycles. The zero-order valence-electron chi connectivity index (χ0n) is 13.7. The van der Waals surface area contributed by atoms with Gasteiger partial charge in [-0.1, -0.05) is 12.1 Å². The SMILES string of the molecule is Cn1nccc1[C@H]1OCC[C@@H]1NCc1ccc(-n2ccnc2)cc1. The highest BCUT2D eigenvalue weighted by Crippen LogP contribution is 2.28. The maximum atomic E-state index is 5.91. The van der Waals surface area contributed by atoms with Crippen LogP contribution >= 0.6 is 0 Å². The van der Waals surface area contributed by atoms with Gasteiger partial charge in [0.1, 0.15) is 6.10 Å². The van der Waals surface area contributed by atoms with Gasteiger partial charge >= 0.3 is 0 Å². The average Bonchev–Trinajstić information content (AvgIpc) is 3.35. The molecule has 3 aromatic rings. The molecule has 4 rings (SSSR count).